The van der Waals surface area contributed by atoms with E-state index in [0.29, 0.717) is 12.8 Å². The molecule has 3 unspecified atom stereocenters. The number of amides is 1. The molecule has 18 heavy (non-hydrogen) atoms. The van der Waals surface area contributed by atoms with Gasteiger partial charge in [-0.3, -0.25) is 4.79 Å². The third kappa shape index (κ3) is 3.87. The third-order valence-electron chi connectivity index (χ3n) is 3.50. The molecule has 0 aromatic heterocycles. The van der Waals surface area contributed by atoms with Crippen molar-refractivity contribution in [2.24, 2.45) is 16.8 Å². The largest absolute Gasteiger partial charge is 0.409 e. The lowest BCUT2D eigenvalue weighted by atomic mass is 10.0. The number of aliphatic hydroxyl groups excluding tert-OH is 1. The van der Waals surface area contributed by atoms with Gasteiger partial charge in [0.15, 0.2) is 5.84 Å². The summed E-state index contributed by atoms with van der Waals surface area (Å²) in [5.74, 6) is -0.998. The van der Waals surface area contributed by atoms with Gasteiger partial charge in [0.1, 0.15) is 0 Å². The Morgan fingerprint density at radius 3 is 2.72 bits per heavy atom. The third-order valence-corrected chi connectivity index (χ3v) is 3.50. The summed E-state index contributed by atoms with van der Waals surface area (Å²) >= 11 is 0. The molecule has 1 aliphatic carbocycles. The highest BCUT2D eigenvalue weighted by atomic mass is 16.4. The van der Waals surface area contributed by atoms with Gasteiger partial charge in [0.25, 0.3) is 0 Å². The summed E-state index contributed by atoms with van der Waals surface area (Å²) in [5, 5.41) is 24.2. The first kappa shape index (κ1) is 14.8. The molecule has 1 rings (SSSR count). The number of oxime groups is 1. The second-order valence-corrected chi connectivity index (χ2v) is 4.81. The zero-order valence-corrected chi connectivity index (χ0v) is 10.8. The van der Waals surface area contributed by atoms with Crippen LogP contribution in [0.15, 0.2) is 5.16 Å². The number of hydrogen-bond donors (Lipinski definition) is 4. The molecule has 3 atom stereocenters. The number of amidine groups is 1. The Labute approximate surface area is 107 Å². The summed E-state index contributed by atoms with van der Waals surface area (Å²) in [6, 6.07) is -0.222. The molecule has 6 heteroatoms. The Morgan fingerprint density at radius 2 is 2.11 bits per heavy atom. The monoisotopic (exact) mass is 257 g/mol. The van der Waals surface area contributed by atoms with Crippen molar-refractivity contribution in [1.29, 1.82) is 0 Å². The van der Waals surface area contributed by atoms with Gasteiger partial charge in [-0.05, 0) is 19.3 Å². The minimum Gasteiger partial charge on any atom is -0.409 e. The summed E-state index contributed by atoms with van der Waals surface area (Å²) < 4.78 is 0. The maximum Gasteiger partial charge on any atom is 0.231 e. The van der Waals surface area contributed by atoms with Crippen molar-refractivity contribution in [3.05, 3.63) is 0 Å². The van der Waals surface area contributed by atoms with Crippen molar-refractivity contribution >= 4 is 11.7 Å². The molecule has 1 amide bonds. The van der Waals surface area contributed by atoms with Crippen molar-refractivity contribution < 1.29 is 15.1 Å². The highest BCUT2D eigenvalue weighted by Gasteiger charge is 2.27. The number of carbonyl (C=O) groups is 1. The number of nitrogens with two attached hydrogens (primary N) is 1. The number of nitrogens with zero attached hydrogens (tertiary/aromatic N) is 1. The fourth-order valence-electron chi connectivity index (χ4n) is 2.34. The lowest BCUT2D eigenvalue weighted by molar-refractivity contribution is -0.124. The van der Waals surface area contributed by atoms with Crippen LogP contribution in [0.5, 0.6) is 0 Å². The number of carbonyl (C=O) groups excluding carboxylic acids is 1. The Kier molecular flexibility index (Phi) is 5.91. The van der Waals surface area contributed by atoms with Crippen molar-refractivity contribution in [3.63, 3.8) is 0 Å². The predicted octanol–water partition coefficient (Wildman–Crippen LogP) is 0.569. The van der Waals surface area contributed by atoms with Gasteiger partial charge in [0, 0.05) is 0 Å². The molecule has 0 aromatic carbocycles. The van der Waals surface area contributed by atoms with Gasteiger partial charge in [0.2, 0.25) is 5.91 Å². The van der Waals surface area contributed by atoms with Gasteiger partial charge in [-0.25, -0.2) is 0 Å². The second kappa shape index (κ2) is 7.20. The van der Waals surface area contributed by atoms with E-state index in [1.165, 1.54) is 0 Å². The van der Waals surface area contributed by atoms with Crippen LogP contribution in [0.25, 0.3) is 0 Å². The van der Waals surface area contributed by atoms with E-state index in [2.05, 4.69) is 10.5 Å². The molecule has 0 bridgehead atoms. The molecular formula is C12H23N3O3. The van der Waals surface area contributed by atoms with E-state index in [-0.39, 0.29) is 17.8 Å². The topological polar surface area (TPSA) is 108 Å². The van der Waals surface area contributed by atoms with Gasteiger partial charge in [-0.1, -0.05) is 31.3 Å². The van der Waals surface area contributed by atoms with Crippen molar-refractivity contribution in [2.45, 2.75) is 57.6 Å². The summed E-state index contributed by atoms with van der Waals surface area (Å²) in [6.45, 7) is 1.80. The van der Waals surface area contributed by atoms with Crippen molar-refractivity contribution in [2.75, 3.05) is 0 Å². The molecule has 1 saturated carbocycles. The number of nitrogens with one attached hydrogen (secondary N) is 1. The Hall–Kier alpha value is -1.30. The predicted molar refractivity (Wildman–Crippen MR) is 68.2 cm³/mol. The molecule has 0 aliphatic heterocycles. The Morgan fingerprint density at radius 1 is 1.44 bits per heavy atom. The second-order valence-electron chi connectivity index (χ2n) is 4.81. The van der Waals surface area contributed by atoms with Crippen LogP contribution in [0, 0.1) is 5.92 Å². The van der Waals surface area contributed by atoms with Crippen LogP contribution in [-0.2, 0) is 4.79 Å². The van der Waals surface area contributed by atoms with Crippen LogP contribution in [0.4, 0.5) is 0 Å². The van der Waals surface area contributed by atoms with Crippen LogP contribution < -0.4 is 11.1 Å². The molecule has 0 saturated heterocycles. The standard InChI is InChI=1S/C12H23N3O3/c1-2-8(11(13)15-18)12(17)14-9-6-4-3-5-7-10(9)16/h8-10,16,18H,2-7H2,1H3,(H2,13,15)(H,14,17). The minimum absolute atomic E-state index is 0.0851. The molecule has 0 aromatic rings. The number of hydrogen-bond acceptors (Lipinski definition) is 4. The van der Waals surface area contributed by atoms with Gasteiger partial charge >= 0.3 is 0 Å². The number of aliphatic hydroxyl groups is 1. The van der Waals surface area contributed by atoms with Crippen molar-refractivity contribution in [1.82, 2.24) is 5.32 Å². The van der Waals surface area contributed by atoms with Gasteiger partial charge in [-0.2, -0.15) is 0 Å². The SMILES string of the molecule is CCC(C(=O)NC1CCCCCC1O)C(N)=NO. The molecule has 1 fully saturated rings. The van der Waals surface area contributed by atoms with Crippen LogP contribution in [0.3, 0.4) is 0 Å². The summed E-state index contributed by atoms with van der Waals surface area (Å²) in [7, 11) is 0. The van der Waals surface area contributed by atoms with E-state index in [0.717, 1.165) is 25.7 Å². The molecule has 0 spiro atoms. The van der Waals surface area contributed by atoms with Crippen LogP contribution in [0.1, 0.15) is 45.4 Å². The average molecular weight is 257 g/mol. The molecule has 6 nitrogen and oxygen atoms in total. The summed E-state index contributed by atoms with van der Waals surface area (Å²) in [6.07, 6.45) is 4.53. The first-order chi connectivity index (χ1) is 8.60. The normalized spacial score (nSPS) is 27.3. The van der Waals surface area contributed by atoms with Crippen LogP contribution in [-0.4, -0.2) is 34.2 Å². The molecule has 1 aliphatic rings. The quantitative estimate of drug-likeness (QED) is 0.194. The van der Waals surface area contributed by atoms with E-state index in [1.54, 1.807) is 6.92 Å². The van der Waals surface area contributed by atoms with Gasteiger partial charge in [0.05, 0.1) is 18.1 Å². The smallest absolute Gasteiger partial charge is 0.231 e. The van der Waals surface area contributed by atoms with E-state index in [9.17, 15) is 9.90 Å². The molecular weight excluding hydrogens is 234 g/mol. The Balaban J connectivity index is 2.61. The Bertz CT molecular complexity index is 307. The maximum atomic E-state index is 12.0. The molecule has 0 radical (unpaired) electrons. The fourth-order valence-corrected chi connectivity index (χ4v) is 2.34. The van der Waals surface area contributed by atoms with Crippen molar-refractivity contribution in [3.8, 4) is 0 Å². The zero-order chi connectivity index (χ0) is 13.5. The van der Waals surface area contributed by atoms with E-state index < -0.39 is 12.0 Å². The summed E-state index contributed by atoms with van der Waals surface area (Å²) in [4.78, 5) is 12.0. The van der Waals surface area contributed by atoms with Crippen LogP contribution in [0.2, 0.25) is 0 Å². The summed E-state index contributed by atoms with van der Waals surface area (Å²) in [5.41, 5.74) is 5.48. The first-order valence-electron chi connectivity index (χ1n) is 6.56. The molecule has 0 heterocycles. The zero-order valence-electron chi connectivity index (χ0n) is 10.8. The lowest BCUT2D eigenvalue weighted by Crippen LogP contribution is -2.47. The van der Waals surface area contributed by atoms with E-state index >= 15 is 0 Å². The van der Waals surface area contributed by atoms with E-state index in [1.807, 2.05) is 0 Å². The highest BCUT2D eigenvalue weighted by molar-refractivity contribution is 6.02. The lowest BCUT2D eigenvalue weighted by Gasteiger charge is -2.24. The first-order valence-corrected chi connectivity index (χ1v) is 6.56. The van der Waals surface area contributed by atoms with Gasteiger partial charge in [-0.15, -0.1) is 0 Å². The highest BCUT2D eigenvalue weighted by Crippen LogP contribution is 2.18. The van der Waals surface area contributed by atoms with E-state index in [4.69, 9.17) is 10.9 Å². The van der Waals surface area contributed by atoms with Crippen LogP contribution >= 0.6 is 0 Å². The maximum absolute atomic E-state index is 12.0. The fraction of sp³-hybridized carbons (Fsp3) is 0.833. The average Bonchev–Trinajstić information content (AvgIpc) is 2.55. The molecule has 104 valence electrons. The van der Waals surface area contributed by atoms with Gasteiger partial charge < -0.3 is 21.4 Å². The molecule has 5 N–H and O–H groups in total. The minimum atomic E-state index is -0.634. The number of rotatable bonds is 4.